The van der Waals surface area contributed by atoms with Crippen LogP contribution in [0.3, 0.4) is 0 Å². The van der Waals surface area contributed by atoms with Gasteiger partial charge in [0.25, 0.3) is 5.24 Å². The number of carbonyl (C=O) groups is 2. The second kappa shape index (κ2) is 12.8. The van der Waals surface area contributed by atoms with Crippen LogP contribution in [0.25, 0.3) is 0 Å². The van der Waals surface area contributed by atoms with E-state index in [1.807, 2.05) is 24.3 Å². The van der Waals surface area contributed by atoms with Gasteiger partial charge in [0.05, 0.1) is 19.4 Å². The lowest BCUT2D eigenvalue weighted by Crippen LogP contribution is -2.33. The standard InChI is InChI=1S/C28H35ClN2O4S/c1-20(23-9-11-24(29)12-10-23)30(17-21-6-4-3-5-7-21)18-22-8-13-25(26(16-22)34-2)35-15-14-31-27(32)19-36-28(31)33/h8-13,16,20-21H,3-7,14-15,17-19H2,1-2H3/t20-/m0/s1. The minimum absolute atomic E-state index is 0.163. The summed E-state index contributed by atoms with van der Waals surface area (Å²) in [6.07, 6.45) is 6.57. The largest absolute Gasteiger partial charge is 0.493 e. The molecule has 36 heavy (non-hydrogen) atoms. The number of ether oxygens (including phenoxy) is 2. The molecule has 8 heteroatoms. The summed E-state index contributed by atoms with van der Waals surface area (Å²) in [6.45, 7) is 4.59. The first kappa shape index (κ1) is 26.8. The van der Waals surface area contributed by atoms with E-state index in [-0.39, 0.29) is 36.1 Å². The van der Waals surface area contributed by atoms with Crippen molar-refractivity contribution < 1.29 is 19.1 Å². The predicted molar refractivity (Wildman–Crippen MR) is 145 cm³/mol. The maximum atomic E-state index is 11.8. The van der Waals surface area contributed by atoms with Gasteiger partial charge in [-0.05, 0) is 61.1 Å². The topological polar surface area (TPSA) is 59.1 Å². The third-order valence-electron chi connectivity index (χ3n) is 7.14. The lowest BCUT2D eigenvalue weighted by molar-refractivity contribution is -0.124. The third kappa shape index (κ3) is 6.96. The van der Waals surface area contributed by atoms with Crippen LogP contribution in [0.4, 0.5) is 4.79 Å². The molecule has 1 atom stereocenters. The Morgan fingerprint density at radius 2 is 1.83 bits per heavy atom. The predicted octanol–water partition coefficient (Wildman–Crippen LogP) is 6.57. The summed E-state index contributed by atoms with van der Waals surface area (Å²) in [4.78, 5) is 27.4. The molecule has 2 amide bonds. The molecule has 4 rings (SSSR count). The monoisotopic (exact) mass is 530 g/mol. The van der Waals surface area contributed by atoms with E-state index in [1.165, 1.54) is 42.6 Å². The Hall–Kier alpha value is -2.22. The number of imide groups is 1. The molecule has 6 nitrogen and oxygen atoms in total. The molecule has 2 aliphatic rings. The Morgan fingerprint density at radius 3 is 2.50 bits per heavy atom. The van der Waals surface area contributed by atoms with Crippen LogP contribution in [0.2, 0.25) is 5.02 Å². The number of benzene rings is 2. The number of rotatable bonds is 11. The summed E-state index contributed by atoms with van der Waals surface area (Å²) in [7, 11) is 1.63. The summed E-state index contributed by atoms with van der Waals surface area (Å²) in [6, 6.07) is 14.4. The molecular formula is C28H35ClN2O4S. The third-order valence-corrected chi connectivity index (χ3v) is 8.25. The van der Waals surface area contributed by atoms with Crippen molar-refractivity contribution in [2.45, 2.75) is 51.6 Å². The minimum atomic E-state index is -0.209. The SMILES string of the molecule is COc1cc(CN(CC2CCCCC2)[C@@H](C)c2ccc(Cl)cc2)ccc1OCCN1C(=O)CSC1=O. The van der Waals surface area contributed by atoms with E-state index in [0.29, 0.717) is 17.4 Å². The number of thioether (sulfide) groups is 1. The number of methoxy groups -OCH3 is 1. The van der Waals surface area contributed by atoms with Crippen molar-refractivity contribution in [3.63, 3.8) is 0 Å². The molecule has 0 radical (unpaired) electrons. The van der Waals surface area contributed by atoms with Gasteiger partial charge in [0, 0.05) is 24.2 Å². The molecule has 2 fully saturated rings. The van der Waals surface area contributed by atoms with Crippen LogP contribution in [0.1, 0.15) is 56.2 Å². The van der Waals surface area contributed by atoms with Crippen molar-refractivity contribution in [3.8, 4) is 11.5 Å². The van der Waals surface area contributed by atoms with Crippen LogP contribution in [0.5, 0.6) is 11.5 Å². The van der Waals surface area contributed by atoms with Gasteiger partial charge in [0.15, 0.2) is 11.5 Å². The number of carbonyl (C=O) groups excluding carboxylic acids is 2. The minimum Gasteiger partial charge on any atom is -0.493 e. The first-order valence-electron chi connectivity index (χ1n) is 12.7. The van der Waals surface area contributed by atoms with E-state index in [2.05, 4.69) is 30.0 Å². The van der Waals surface area contributed by atoms with Crippen LogP contribution in [-0.2, 0) is 11.3 Å². The maximum absolute atomic E-state index is 11.8. The average Bonchev–Trinajstić information content (AvgIpc) is 3.22. The molecule has 0 spiro atoms. The van der Waals surface area contributed by atoms with Gasteiger partial charge < -0.3 is 9.47 Å². The second-order valence-corrected chi connectivity index (χ2v) is 11.0. The summed E-state index contributed by atoms with van der Waals surface area (Å²) in [5.41, 5.74) is 2.41. The van der Waals surface area contributed by atoms with E-state index in [9.17, 15) is 9.59 Å². The first-order valence-corrected chi connectivity index (χ1v) is 14.1. The van der Waals surface area contributed by atoms with Gasteiger partial charge >= 0.3 is 0 Å². The molecule has 2 aromatic carbocycles. The number of hydrogen-bond acceptors (Lipinski definition) is 6. The van der Waals surface area contributed by atoms with Gasteiger partial charge in [-0.25, -0.2) is 0 Å². The van der Waals surface area contributed by atoms with E-state index >= 15 is 0 Å². The molecule has 0 bridgehead atoms. The lowest BCUT2D eigenvalue weighted by atomic mass is 9.88. The molecule has 0 unspecified atom stereocenters. The maximum Gasteiger partial charge on any atom is 0.288 e. The van der Waals surface area contributed by atoms with Gasteiger partial charge in [-0.1, -0.05) is 60.8 Å². The van der Waals surface area contributed by atoms with Crippen LogP contribution in [0.15, 0.2) is 42.5 Å². The van der Waals surface area contributed by atoms with E-state index in [1.54, 1.807) is 7.11 Å². The number of nitrogens with zero attached hydrogens (tertiary/aromatic N) is 2. The summed E-state index contributed by atoms with van der Waals surface area (Å²) in [5, 5.41) is 0.543. The molecule has 1 aliphatic heterocycles. The molecule has 0 N–H and O–H groups in total. The second-order valence-electron chi connectivity index (χ2n) is 9.59. The van der Waals surface area contributed by atoms with Crippen molar-refractivity contribution in [1.29, 1.82) is 0 Å². The highest BCUT2D eigenvalue weighted by molar-refractivity contribution is 8.14. The van der Waals surface area contributed by atoms with Crippen molar-refractivity contribution in [1.82, 2.24) is 9.80 Å². The van der Waals surface area contributed by atoms with Crippen LogP contribution < -0.4 is 9.47 Å². The fourth-order valence-electron chi connectivity index (χ4n) is 5.02. The number of hydrogen-bond donors (Lipinski definition) is 0. The van der Waals surface area contributed by atoms with Gasteiger partial charge in [0.1, 0.15) is 6.61 Å². The van der Waals surface area contributed by atoms with Crippen molar-refractivity contribution in [2.24, 2.45) is 5.92 Å². The van der Waals surface area contributed by atoms with E-state index in [4.69, 9.17) is 21.1 Å². The quantitative estimate of drug-likeness (QED) is 0.327. The smallest absolute Gasteiger partial charge is 0.288 e. The highest BCUT2D eigenvalue weighted by atomic mass is 35.5. The molecule has 0 aromatic heterocycles. The normalized spacial score (nSPS) is 17.6. The van der Waals surface area contributed by atoms with E-state index < -0.39 is 0 Å². The highest BCUT2D eigenvalue weighted by Crippen LogP contribution is 2.33. The Bertz CT molecular complexity index is 1030. The lowest BCUT2D eigenvalue weighted by Gasteiger charge is -2.34. The fourth-order valence-corrected chi connectivity index (χ4v) is 5.90. The summed E-state index contributed by atoms with van der Waals surface area (Å²) >= 11 is 7.17. The molecule has 194 valence electrons. The zero-order valence-electron chi connectivity index (χ0n) is 21.1. The number of amides is 2. The summed E-state index contributed by atoms with van der Waals surface area (Å²) < 4.78 is 11.5. The fraction of sp³-hybridized carbons (Fsp3) is 0.500. The molecule has 1 heterocycles. The molecule has 1 saturated heterocycles. The van der Waals surface area contributed by atoms with Crippen molar-refractivity contribution >= 4 is 34.5 Å². The Balaban J connectivity index is 1.45. The van der Waals surface area contributed by atoms with Crippen LogP contribution in [-0.4, -0.2) is 53.5 Å². The molecule has 1 aliphatic carbocycles. The van der Waals surface area contributed by atoms with Gasteiger partial charge in [0.2, 0.25) is 5.91 Å². The Kier molecular flexibility index (Phi) is 9.57. The zero-order chi connectivity index (χ0) is 25.5. The van der Waals surface area contributed by atoms with Gasteiger partial charge in [-0.15, -0.1) is 0 Å². The van der Waals surface area contributed by atoms with Crippen LogP contribution in [0, 0.1) is 5.92 Å². The van der Waals surface area contributed by atoms with Crippen LogP contribution >= 0.6 is 23.4 Å². The van der Waals surface area contributed by atoms with Crippen molar-refractivity contribution in [3.05, 3.63) is 58.6 Å². The first-order chi connectivity index (χ1) is 17.4. The highest BCUT2D eigenvalue weighted by Gasteiger charge is 2.29. The van der Waals surface area contributed by atoms with Gasteiger partial charge in [-0.3, -0.25) is 19.4 Å². The number of halogens is 1. The molecule has 2 aromatic rings. The van der Waals surface area contributed by atoms with Gasteiger partial charge in [-0.2, -0.15) is 0 Å². The summed E-state index contributed by atoms with van der Waals surface area (Å²) in [5.74, 6) is 2.02. The molecule has 1 saturated carbocycles. The average molecular weight is 531 g/mol. The van der Waals surface area contributed by atoms with Crippen molar-refractivity contribution in [2.75, 3.05) is 32.6 Å². The Morgan fingerprint density at radius 1 is 1.08 bits per heavy atom. The van der Waals surface area contributed by atoms with E-state index in [0.717, 1.165) is 35.4 Å². The Labute approximate surface area is 223 Å². The molecular weight excluding hydrogens is 496 g/mol. The zero-order valence-corrected chi connectivity index (χ0v) is 22.7.